The zero-order valence-corrected chi connectivity index (χ0v) is 13.2. The second kappa shape index (κ2) is 7.39. The molecule has 0 fully saturated rings. The minimum Gasteiger partial charge on any atom is -0.380 e. The zero-order valence-electron chi connectivity index (χ0n) is 13.2. The molecule has 0 saturated carbocycles. The van der Waals surface area contributed by atoms with E-state index in [9.17, 15) is 0 Å². The standard InChI is InChI=1S/C19H25NO/c1-19(2,18-10-5-4-6-11-18)15-20-13-16-8-7-9-17(12-16)14-21-3/h4-12,20H,13-15H2,1-3H3. The van der Waals surface area contributed by atoms with E-state index < -0.39 is 0 Å². The number of hydrogen-bond acceptors (Lipinski definition) is 2. The number of methoxy groups -OCH3 is 1. The molecule has 0 aliphatic rings. The first-order valence-electron chi connectivity index (χ1n) is 7.45. The van der Waals surface area contributed by atoms with Crippen LogP contribution in [0.25, 0.3) is 0 Å². The van der Waals surface area contributed by atoms with E-state index in [0.29, 0.717) is 6.61 Å². The lowest BCUT2D eigenvalue weighted by atomic mass is 9.84. The molecule has 0 heterocycles. The third kappa shape index (κ3) is 4.69. The summed E-state index contributed by atoms with van der Waals surface area (Å²) in [5.41, 5.74) is 4.02. The number of ether oxygens (including phenoxy) is 1. The van der Waals surface area contributed by atoms with Crippen molar-refractivity contribution in [2.24, 2.45) is 0 Å². The second-order valence-corrected chi connectivity index (χ2v) is 6.11. The van der Waals surface area contributed by atoms with Crippen molar-refractivity contribution in [3.8, 4) is 0 Å². The molecule has 0 radical (unpaired) electrons. The smallest absolute Gasteiger partial charge is 0.0713 e. The lowest BCUT2D eigenvalue weighted by Gasteiger charge is -2.26. The first-order valence-corrected chi connectivity index (χ1v) is 7.45. The van der Waals surface area contributed by atoms with Gasteiger partial charge in [-0.1, -0.05) is 68.4 Å². The van der Waals surface area contributed by atoms with Gasteiger partial charge < -0.3 is 10.1 Å². The van der Waals surface area contributed by atoms with Gasteiger partial charge in [-0.2, -0.15) is 0 Å². The number of nitrogens with one attached hydrogen (secondary N) is 1. The Hall–Kier alpha value is -1.64. The summed E-state index contributed by atoms with van der Waals surface area (Å²) in [5.74, 6) is 0. The minimum absolute atomic E-state index is 0.130. The van der Waals surface area contributed by atoms with Gasteiger partial charge in [0.2, 0.25) is 0 Å². The average molecular weight is 283 g/mol. The van der Waals surface area contributed by atoms with Crippen LogP contribution in [0.15, 0.2) is 54.6 Å². The van der Waals surface area contributed by atoms with Crippen LogP contribution in [0.2, 0.25) is 0 Å². The van der Waals surface area contributed by atoms with Gasteiger partial charge in [-0.3, -0.25) is 0 Å². The Morgan fingerprint density at radius 1 is 0.952 bits per heavy atom. The van der Waals surface area contributed by atoms with Crippen molar-refractivity contribution in [3.05, 3.63) is 71.3 Å². The first kappa shape index (κ1) is 15.7. The molecule has 0 saturated heterocycles. The van der Waals surface area contributed by atoms with Crippen LogP contribution in [-0.4, -0.2) is 13.7 Å². The lowest BCUT2D eigenvalue weighted by molar-refractivity contribution is 0.185. The molecule has 2 heteroatoms. The van der Waals surface area contributed by atoms with E-state index in [2.05, 4.69) is 73.8 Å². The molecule has 1 N–H and O–H groups in total. The van der Waals surface area contributed by atoms with Crippen LogP contribution in [0.4, 0.5) is 0 Å². The van der Waals surface area contributed by atoms with Gasteiger partial charge >= 0.3 is 0 Å². The molecule has 0 bridgehead atoms. The van der Waals surface area contributed by atoms with Crippen LogP contribution in [0.1, 0.15) is 30.5 Å². The Morgan fingerprint density at radius 2 is 1.67 bits per heavy atom. The molecule has 0 spiro atoms. The Bertz CT molecular complexity index is 549. The largest absolute Gasteiger partial charge is 0.380 e. The average Bonchev–Trinajstić information content (AvgIpc) is 2.49. The van der Waals surface area contributed by atoms with Crippen molar-refractivity contribution in [1.82, 2.24) is 5.32 Å². The van der Waals surface area contributed by atoms with Crippen molar-refractivity contribution in [2.45, 2.75) is 32.4 Å². The summed E-state index contributed by atoms with van der Waals surface area (Å²) in [6.45, 7) is 7.05. The predicted molar refractivity (Wildman–Crippen MR) is 88.3 cm³/mol. The molecule has 0 aliphatic carbocycles. The fourth-order valence-corrected chi connectivity index (χ4v) is 2.51. The highest BCUT2D eigenvalue weighted by Crippen LogP contribution is 2.21. The van der Waals surface area contributed by atoms with E-state index in [0.717, 1.165) is 13.1 Å². The van der Waals surface area contributed by atoms with Gasteiger partial charge in [0.25, 0.3) is 0 Å². The fourth-order valence-electron chi connectivity index (χ4n) is 2.51. The van der Waals surface area contributed by atoms with E-state index in [1.165, 1.54) is 16.7 Å². The van der Waals surface area contributed by atoms with Gasteiger partial charge in [0, 0.05) is 25.6 Å². The molecule has 0 amide bonds. The normalized spacial score (nSPS) is 11.6. The van der Waals surface area contributed by atoms with E-state index in [1.807, 2.05) is 0 Å². The first-order chi connectivity index (χ1) is 10.1. The summed E-state index contributed by atoms with van der Waals surface area (Å²) in [5, 5.41) is 3.57. The number of benzene rings is 2. The highest BCUT2D eigenvalue weighted by atomic mass is 16.5. The van der Waals surface area contributed by atoms with E-state index in [4.69, 9.17) is 4.74 Å². The van der Waals surface area contributed by atoms with Crippen molar-refractivity contribution in [3.63, 3.8) is 0 Å². The Morgan fingerprint density at radius 3 is 2.38 bits per heavy atom. The van der Waals surface area contributed by atoms with Crippen LogP contribution in [-0.2, 0) is 23.3 Å². The summed E-state index contributed by atoms with van der Waals surface area (Å²) >= 11 is 0. The van der Waals surface area contributed by atoms with Crippen LogP contribution >= 0.6 is 0 Å². The molecule has 2 aromatic carbocycles. The third-order valence-corrected chi connectivity index (χ3v) is 3.75. The van der Waals surface area contributed by atoms with Crippen LogP contribution in [0, 0.1) is 0 Å². The van der Waals surface area contributed by atoms with E-state index in [1.54, 1.807) is 7.11 Å². The van der Waals surface area contributed by atoms with Gasteiger partial charge in [0.1, 0.15) is 0 Å². The molecule has 0 aromatic heterocycles. The molecule has 2 nitrogen and oxygen atoms in total. The molecule has 21 heavy (non-hydrogen) atoms. The van der Waals surface area contributed by atoms with Crippen LogP contribution in [0.3, 0.4) is 0 Å². The highest BCUT2D eigenvalue weighted by molar-refractivity contribution is 5.25. The number of hydrogen-bond donors (Lipinski definition) is 1. The minimum atomic E-state index is 0.130. The maximum atomic E-state index is 5.18. The van der Waals surface area contributed by atoms with Gasteiger partial charge in [0.05, 0.1) is 6.61 Å². The summed E-state index contributed by atoms with van der Waals surface area (Å²) in [6, 6.07) is 19.2. The van der Waals surface area contributed by atoms with Crippen LogP contribution < -0.4 is 5.32 Å². The zero-order chi connectivity index (χ0) is 15.1. The van der Waals surface area contributed by atoms with Crippen LogP contribution in [0.5, 0.6) is 0 Å². The van der Waals surface area contributed by atoms with Gasteiger partial charge in [-0.25, -0.2) is 0 Å². The molecule has 0 atom stereocenters. The monoisotopic (exact) mass is 283 g/mol. The highest BCUT2D eigenvalue weighted by Gasteiger charge is 2.19. The maximum Gasteiger partial charge on any atom is 0.0713 e. The molecule has 0 aliphatic heterocycles. The molecule has 0 unspecified atom stereocenters. The molecule has 2 aromatic rings. The summed E-state index contributed by atoms with van der Waals surface area (Å²) in [6.07, 6.45) is 0. The topological polar surface area (TPSA) is 21.3 Å². The molecule has 112 valence electrons. The van der Waals surface area contributed by atoms with Gasteiger partial charge in [0.15, 0.2) is 0 Å². The maximum absolute atomic E-state index is 5.18. The lowest BCUT2D eigenvalue weighted by Crippen LogP contribution is -2.32. The predicted octanol–water partition coefficient (Wildman–Crippen LogP) is 3.90. The quantitative estimate of drug-likeness (QED) is 0.832. The Kier molecular flexibility index (Phi) is 5.54. The Labute approximate surface area is 128 Å². The van der Waals surface area contributed by atoms with Crippen molar-refractivity contribution >= 4 is 0 Å². The molecular weight excluding hydrogens is 258 g/mol. The third-order valence-electron chi connectivity index (χ3n) is 3.75. The molecule has 2 rings (SSSR count). The van der Waals surface area contributed by atoms with E-state index in [-0.39, 0.29) is 5.41 Å². The van der Waals surface area contributed by atoms with Gasteiger partial charge in [-0.05, 0) is 16.7 Å². The van der Waals surface area contributed by atoms with Crippen molar-refractivity contribution < 1.29 is 4.74 Å². The number of rotatable bonds is 7. The van der Waals surface area contributed by atoms with Crippen molar-refractivity contribution in [1.29, 1.82) is 0 Å². The summed E-state index contributed by atoms with van der Waals surface area (Å²) < 4.78 is 5.18. The summed E-state index contributed by atoms with van der Waals surface area (Å²) in [4.78, 5) is 0. The molecular formula is C19H25NO. The summed E-state index contributed by atoms with van der Waals surface area (Å²) in [7, 11) is 1.73. The SMILES string of the molecule is COCc1cccc(CNCC(C)(C)c2ccccc2)c1. The van der Waals surface area contributed by atoms with Crippen molar-refractivity contribution in [2.75, 3.05) is 13.7 Å². The van der Waals surface area contributed by atoms with E-state index >= 15 is 0 Å². The second-order valence-electron chi connectivity index (χ2n) is 6.11. The van der Waals surface area contributed by atoms with Gasteiger partial charge in [-0.15, -0.1) is 0 Å². The fraction of sp³-hybridized carbons (Fsp3) is 0.368. The Balaban J connectivity index is 1.90.